The minimum atomic E-state index is -1.11. The van der Waals surface area contributed by atoms with E-state index in [4.69, 9.17) is 19.0 Å². The first kappa shape index (κ1) is 21.0. The van der Waals surface area contributed by atoms with E-state index in [0.29, 0.717) is 36.2 Å². The van der Waals surface area contributed by atoms with Crippen molar-refractivity contribution in [3.8, 4) is 0 Å². The number of allylic oxidation sites excluding steroid dienone is 2. The Labute approximate surface area is 174 Å². The van der Waals surface area contributed by atoms with E-state index in [9.17, 15) is 19.6 Å². The molecule has 2 saturated carbocycles. The van der Waals surface area contributed by atoms with Crippen molar-refractivity contribution in [3.63, 3.8) is 0 Å². The van der Waals surface area contributed by atoms with Gasteiger partial charge in [-0.2, -0.15) is 0 Å². The molecule has 9 nitrogen and oxygen atoms in total. The van der Waals surface area contributed by atoms with Gasteiger partial charge < -0.3 is 19.3 Å². The summed E-state index contributed by atoms with van der Waals surface area (Å²) in [6, 6.07) is 0. The second kappa shape index (κ2) is 8.47. The predicted molar refractivity (Wildman–Crippen MR) is 101 cm³/mol. The van der Waals surface area contributed by atoms with Crippen molar-refractivity contribution in [2.45, 2.75) is 38.4 Å². The number of hydrogen-bond acceptors (Lipinski definition) is 8. The maximum atomic E-state index is 12.4. The quantitative estimate of drug-likeness (QED) is 0.242. The van der Waals surface area contributed by atoms with Crippen molar-refractivity contribution in [2.75, 3.05) is 26.4 Å². The number of ether oxygens (including phenoxy) is 3. The third kappa shape index (κ3) is 4.41. The molecule has 0 aromatic carbocycles. The summed E-state index contributed by atoms with van der Waals surface area (Å²) < 4.78 is 15.3. The number of aliphatic hydroxyl groups excluding tert-OH is 1. The number of nitrogens with zero attached hydrogens (tertiary/aromatic N) is 1. The molecule has 7 atom stereocenters. The van der Waals surface area contributed by atoms with Crippen molar-refractivity contribution in [1.82, 2.24) is 0 Å². The van der Waals surface area contributed by atoms with E-state index < -0.39 is 12.1 Å². The Bertz CT molecular complexity index is 773. The molecular weight excluding hydrogens is 394 g/mol. The zero-order valence-corrected chi connectivity index (χ0v) is 17.0. The van der Waals surface area contributed by atoms with E-state index in [1.807, 2.05) is 6.08 Å². The molecular formula is C21H28NO8+. The fourth-order valence-corrected chi connectivity index (χ4v) is 5.04. The molecule has 1 N–H and O–H groups in total. The number of rotatable bonds is 10. The lowest BCUT2D eigenvalue weighted by Crippen LogP contribution is -2.32. The van der Waals surface area contributed by atoms with Crippen molar-refractivity contribution in [3.05, 3.63) is 28.8 Å². The monoisotopic (exact) mass is 422 g/mol. The number of epoxide rings is 1. The molecule has 4 aliphatic rings. The molecule has 0 aromatic rings. The maximum absolute atomic E-state index is 12.4. The second-order valence-electron chi connectivity index (χ2n) is 8.78. The van der Waals surface area contributed by atoms with Crippen LogP contribution in [0.15, 0.2) is 23.9 Å². The van der Waals surface area contributed by atoms with Crippen LogP contribution >= 0.6 is 0 Å². The molecule has 0 spiro atoms. The molecule has 0 radical (unpaired) electrons. The number of aliphatic hydroxyl groups is 1. The van der Waals surface area contributed by atoms with Crippen molar-refractivity contribution in [2.24, 2.45) is 29.6 Å². The molecule has 2 bridgehead atoms. The molecule has 3 fully saturated rings. The lowest BCUT2D eigenvalue weighted by Gasteiger charge is -2.29. The molecule has 1 aliphatic heterocycles. The van der Waals surface area contributed by atoms with Crippen LogP contribution in [0.5, 0.6) is 0 Å². The summed E-state index contributed by atoms with van der Waals surface area (Å²) in [4.78, 5) is 41.7. The number of carbonyl (C=O) groups is 2. The van der Waals surface area contributed by atoms with Gasteiger partial charge in [0.1, 0.15) is 25.4 Å². The lowest BCUT2D eigenvalue weighted by atomic mass is 9.75. The molecule has 0 aromatic heterocycles. The van der Waals surface area contributed by atoms with Crippen LogP contribution in [0.25, 0.3) is 0 Å². The van der Waals surface area contributed by atoms with Gasteiger partial charge in [0.2, 0.25) is 0 Å². The topological polar surface area (TPSA) is 115 Å². The average molecular weight is 422 g/mol. The molecule has 1 heterocycles. The van der Waals surface area contributed by atoms with Gasteiger partial charge in [-0.25, -0.2) is 9.63 Å². The van der Waals surface area contributed by atoms with Crippen LogP contribution in [-0.4, -0.2) is 60.6 Å². The Hall–Kier alpha value is -2.26. The van der Waals surface area contributed by atoms with Gasteiger partial charge >= 0.3 is 11.9 Å². The predicted octanol–water partition coefficient (Wildman–Crippen LogP) is 1.30. The first-order valence-electron chi connectivity index (χ1n) is 10.4. The second-order valence-corrected chi connectivity index (χ2v) is 8.78. The minimum absolute atomic E-state index is 0.0610. The van der Waals surface area contributed by atoms with Crippen LogP contribution in [0.2, 0.25) is 0 Å². The molecule has 0 amide bonds. The first-order valence-corrected chi connectivity index (χ1v) is 10.4. The molecule has 7 unspecified atom stereocenters. The fourth-order valence-electron chi connectivity index (χ4n) is 5.04. The van der Waals surface area contributed by atoms with Gasteiger partial charge in [-0.15, -0.1) is 0 Å². The summed E-state index contributed by atoms with van der Waals surface area (Å²) in [6.07, 6.45) is 3.24. The van der Waals surface area contributed by atoms with Gasteiger partial charge in [0, 0.05) is 12.0 Å². The maximum Gasteiger partial charge on any atom is 0.333 e. The van der Waals surface area contributed by atoms with Crippen LogP contribution in [0.4, 0.5) is 0 Å². The van der Waals surface area contributed by atoms with Crippen LogP contribution in [-0.2, 0) is 28.6 Å². The van der Waals surface area contributed by atoms with Crippen LogP contribution in [0.3, 0.4) is 0 Å². The van der Waals surface area contributed by atoms with Gasteiger partial charge in [-0.3, -0.25) is 4.79 Å². The SMILES string of the molecule is C=C(C)C(=O)OCC(O)CO[N+](=O)C1=CC2C3CC(C(=O)OCC4CO4)C(C3)C2C1. The van der Waals surface area contributed by atoms with E-state index in [1.54, 1.807) is 0 Å². The largest absolute Gasteiger partial charge is 0.463 e. The Balaban J connectivity index is 1.23. The van der Waals surface area contributed by atoms with E-state index in [0.717, 1.165) is 12.8 Å². The van der Waals surface area contributed by atoms with Crippen molar-refractivity contribution in [1.29, 1.82) is 0 Å². The van der Waals surface area contributed by atoms with Gasteiger partial charge in [0.15, 0.2) is 6.61 Å². The highest BCUT2D eigenvalue weighted by atomic mass is 16.8. The van der Waals surface area contributed by atoms with Gasteiger partial charge in [-0.05, 0) is 49.5 Å². The first-order chi connectivity index (χ1) is 14.3. The van der Waals surface area contributed by atoms with Gasteiger partial charge in [0.05, 0.1) is 17.4 Å². The van der Waals surface area contributed by atoms with Crippen LogP contribution in [0, 0.1) is 34.5 Å². The summed E-state index contributed by atoms with van der Waals surface area (Å²) in [5, 5.41) is 9.84. The molecule has 1 saturated heterocycles. The molecule has 3 aliphatic carbocycles. The molecule has 4 rings (SSSR count). The van der Waals surface area contributed by atoms with Crippen molar-refractivity contribution >= 4 is 11.9 Å². The third-order valence-corrected chi connectivity index (χ3v) is 6.56. The average Bonchev–Trinajstić information content (AvgIpc) is 3.14. The lowest BCUT2D eigenvalue weighted by molar-refractivity contribution is -0.772. The highest BCUT2D eigenvalue weighted by molar-refractivity contribution is 5.86. The number of hydrogen-bond donors (Lipinski definition) is 1. The Morgan fingerprint density at radius 3 is 2.77 bits per heavy atom. The summed E-state index contributed by atoms with van der Waals surface area (Å²) in [5.74, 6) is 0.278. The zero-order chi connectivity index (χ0) is 21.4. The smallest absolute Gasteiger partial charge is 0.333 e. The number of carbonyl (C=O) groups excluding carboxylic acids is 2. The normalized spacial score (nSPS) is 34.0. The summed E-state index contributed by atoms with van der Waals surface area (Å²) in [6.45, 7) is 5.39. The standard InChI is InChI=1S/C21H28NO8/c1-11(2)20(24)28-7-14(23)8-30-22(26)13-5-16-12-3-17(18(16)6-13)19(4-12)21(25)29-10-15-9-27-15/h5,12,14-19,23H,1,3-4,6-10H2,2H3/q+1. The van der Waals surface area contributed by atoms with Gasteiger partial charge in [-0.1, -0.05) is 6.58 Å². The molecule has 164 valence electrons. The number of fused-ring (bicyclic) bond motifs is 5. The zero-order valence-electron chi connectivity index (χ0n) is 17.0. The van der Waals surface area contributed by atoms with E-state index in [-0.39, 0.29) is 54.5 Å². The Kier molecular flexibility index (Phi) is 5.92. The highest BCUT2D eigenvalue weighted by Gasteiger charge is 2.58. The molecule has 30 heavy (non-hydrogen) atoms. The summed E-state index contributed by atoms with van der Waals surface area (Å²) in [7, 11) is 0. The highest BCUT2D eigenvalue weighted by Crippen LogP contribution is 2.60. The summed E-state index contributed by atoms with van der Waals surface area (Å²) in [5.41, 5.74) is 0.750. The minimum Gasteiger partial charge on any atom is -0.463 e. The van der Waals surface area contributed by atoms with Crippen molar-refractivity contribution < 1.29 is 38.7 Å². The Morgan fingerprint density at radius 2 is 2.07 bits per heavy atom. The van der Waals surface area contributed by atoms with Crippen LogP contribution in [0.1, 0.15) is 26.2 Å². The van der Waals surface area contributed by atoms with E-state index in [1.165, 1.54) is 6.92 Å². The van der Waals surface area contributed by atoms with Gasteiger partial charge in [0.25, 0.3) is 10.6 Å². The number of esters is 2. The molecule has 9 heteroatoms. The fraction of sp³-hybridized carbons (Fsp3) is 0.714. The summed E-state index contributed by atoms with van der Waals surface area (Å²) >= 11 is 0. The van der Waals surface area contributed by atoms with Crippen LogP contribution < -0.4 is 0 Å². The third-order valence-electron chi connectivity index (χ3n) is 6.56. The van der Waals surface area contributed by atoms with E-state index in [2.05, 4.69) is 6.58 Å². The Morgan fingerprint density at radius 1 is 1.30 bits per heavy atom. The van der Waals surface area contributed by atoms with E-state index >= 15 is 0 Å².